The molecule has 5 nitrogen and oxygen atoms in total. The molecule has 0 spiro atoms. The van der Waals surface area contributed by atoms with E-state index in [0.717, 1.165) is 11.1 Å². The average molecular weight is 298 g/mol. The van der Waals surface area contributed by atoms with Crippen molar-refractivity contribution in [2.24, 2.45) is 0 Å². The van der Waals surface area contributed by atoms with Crippen molar-refractivity contribution in [3.63, 3.8) is 0 Å². The molecule has 2 rings (SSSR count). The van der Waals surface area contributed by atoms with Crippen LogP contribution in [0.5, 0.6) is 0 Å². The number of hydrogen-bond acceptors (Lipinski definition) is 4. The van der Waals surface area contributed by atoms with Crippen LogP contribution in [0.4, 0.5) is 4.79 Å². The summed E-state index contributed by atoms with van der Waals surface area (Å²) in [5.74, 6) is -0.469. The van der Waals surface area contributed by atoms with Gasteiger partial charge in [0.25, 0.3) is 0 Å². The van der Waals surface area contributed by atoms with Crippen LogP contribution in [0.25, 0.3) is 0 Å². The van der Waals surface area contributed by atoms with E-state index < -0.39 is 18.1 Å². The lowest BCUT2D eigenvalue weighted by Crippen LogP contribution is -2.49. The van der Waals surface area contributed by atoms with E-state index in [1.165, 1.54) is 12.0 Å². The summed E-state index contributed by atoms with van der Waals surface area (Å²) in [7, 11) is 1.30. The number of halogens is 1. The molecule has 108 valence electrons. The van der Waals surface area contributed by atoms with Gasteiger partial charge in [-0.05, 0) is 24.1 Å². The number of ether oxygens (including phenoxy) is 2. The summed E-state index contributed by atoms with van der Waals surface area (Å²) in [6, 6.07) is 4.78. The molecule has 0 N–H and O–H groups in total. The molecule has 1 atom stereocenters. The minimum atomic E-state index is -0.702. The van der Waals surface area contributed by atoms with Gasteiger partial charge in [-0.2, -0.15) is 0 Å². The summed E-state index contributed by atoms with van der Waals surface area (Å²) in [5, 5.41) is 0.597. The molecule has 1 amide bonds. The average Bonchev–Trinajstić information content (AvgIpc) is 2.46. The Balaban J connectivity index is 2.35. The minimum Gasteiger partial charge on any atom is -0.467 e. The van der Waals surface area contributed by atoms with Crippen LogP contribution in [0.15, 0.2) is 18.2 Å². The van der Waals surface area contributed by atoms with E-state index >= 15 is 0 Å². The number of hydrogen-bond donors (Lipinski definition) is 0. The Bertz CT molecular complexity index is 532. The van der Waals surface area contributed by atoms with Crippen LogP contribution in [0.3, 0.4) is 0 Å². The third-order valence-electron chi connectivity index (χ3n) is 3.31. The standard InChI is InChI=1S/C14H16ClNO4/c1-3-20-14(18)16-8-9-5-4-6-11(15)10(9)7-12(16)13(17)19-2/h4-6,12H,3,7-8H2,1-2H3/t12-/m0/s1. The van der Waals surface area contributed by atoms with Crippen LogP contribution in [-0.4, -0.2) is 36.7 Å². The van der Waals surface area contributed by atoms with Gasteiger partial charge in [0.15, 0.2) is 0 Å². The molecule has 6 heteroatoms. The first-order valence-corrected chi connectivity index (χ1v) is 6.73. The number of amides is 1. The van der Waals surface area contributed by atoms with E-state index in [2.05, 4.69) is 0 Å². The molecule has 0 aliphatic carbocycles. The second-order valence-electron chi connectivity index (χ2n) is 4.45. The Hall–Kier alpha value is -1.75. The van der Waals surface area contributed by atoms with E-state index in [-0.39, 0.29) is 13.2 Å². The third-order valence-corrected chi connectivity index (χ3v) is 3.66. The molecular formula is C14H16ClNO4. The van der Waals surface area contributed by atoms with E-state index in [9.17, 15) is 9.59 Å². The molecule has 1 aliphatic heterocycles. The number of fused-ring (bicyclic) bond motifs is 1. The number of esters is 1. The van der Waals surface area contributed by atoms with Gasteiger partial charge in [0.05, 0.1) is 20.3 Å². The number of nitrogens with zero attached hydrogens (tertiary/aromatic N) is 1. The van der Waals surface area contributed by atoms with Crippen LogP contribution in [0.1, 0.15) is 18.1 Å². The Kier molecular flexibility index (Phi) is 4.49. The van der Waals surface area contributed by atoms with Gasteiger partial charge in [0, 0.05) is 11.4 Å². The number of carbonyl (C=O) groups is 2. The number of methoxy groups -OCH3 is 1. The number of rotatable bonds is 2. The van der Waals surface area contributed by atoms with Gasteiger partial charge in [-0.3, -0.25) is 4.90 Å². The van der Waals surface area contributed by atoms with Gasteiger partial charge in [-0.15, -0.1) is 0 Å². The molecule has 0 fully saturated rings. The highest BCUT2D eigenvalue weighted by atomic mass is 35.5. The lowest BCUT2D eigenvalue weighted by atomic mass is 9.94. The van der Waals surface area contributed by atoms with Crippen LogP contribution >= 0.6 is 11.6 Å². The van der Waals surface area contributed by atoms with Gasteiger partial charge in [0.1, 0.15) is 6.04 Å². The number of benzene rings is 1. The largest absolute Gasteiger partial charge is 0.467 e. The molecule has 1 aromatic rings. The summed E-state index contributed by atoms with van der Waals surface area (Å²) in [6.07, 6.45) is -0.186. The highest BCUT2D eigenvalue weighted by Crippen LogP contribution is 2.29. The zero-order chi connectivity index (χ0) is 14.7. The normalized spacial score (nSPS) is 17.4. The topological polar surface area (TPSA) is 55.8 Å². The van der Waals surface area contributed by atoms with Crippen molar-refractivity contribution in [3.05, 3.63) is 34.3 Å². The van der Waals surface area contributed by atoms with E-state index in [4.69, 9.17) is 21.1 Å². The fraction of sp³-hybridized carbons (Fsp3) is 0.429. The molecule has 0 saturated carbocycles. The van der Waals surface area contributed by atoms with Gasteiger partial charge in [0.2, 0.25) is 0 Å². The lowest BCUT2D eigenvalue weighted by molar-refractivity contribution is -0.147. The molecule has 0 saturated heterocycles. The summed E-state index contributed by atoms with van der Waals surface area (Å²) in [6.45, 7) is 2.26. The van der Waals surface area contributed by atoms with Crippen LogP contribution in [0, 0.1) is 0 Å². The quantitative estimate of drug-likeness (QED) is 0.787. The van der Waals surface area contributed by atoms with Crippen molar-refractivity contribution < 1.29 is 19.1 Å². The van der Waals surface area contributed by atoms with Gasteiger partial charge >= 0.3 is 12.1 Å². The first-order valence-electron chi connectivity index (χ1n) is 6.36. The van der Waals surface area contributed by atoms with E-state index in [1.54, 1.807) is 13.0 Å². The fourth-order valence-electron chi connectivity index (χ4n) is 2.32. The Labute approximate surface area is 122 Å². The van der Waals surface area contributed by atoms with E-state index in [1.807, 2.05) is 12.1 Å². The van der Waals surface area contributed by atoms with Crippen molar-refractivity contribution in [2.75, 3.05) is 13.7 Å². The van der Waals surface area contributed by atoms with Crippen molar-refractivity contribution in [1.29, 1.82) is 0 Å². The minimum absolute atomic E-state index is 0.256. The summed E-state index contributed by atoms with van der Waals surface area (Å²) < 4.78 is 9.77. The number of carbonyl (C=O) groups excluding carboxylic acids is 2. The van der Waals surface area contributed by atoms with Gasteiger partial charge in [-0.25, -0.2) is 9.59 Å². The predicted octanol–water partition coefficient (Wildman–Crippen LogP) is 2.40. The maximum atomic E-state index is 12.0. The Morgan fingerprint density at radius 2 is 2.20 bits per heavy atom. The van der Waals surface area contributed by atoms with Crippen molar-refractivity contribution in [3.8, 4) is 0 Å². The van der Waals surface area contributed by atoms with Gasteiger partial charge < -0.3 is 9.47 Å². The maximum absolute atomic E-state index is 12.0. The zero-order valence-corrected chi connectivity index (χ0v) is 12.1. The second-order valence-corrected chi connectivity index (χ2v) is 4.85. The summed E-state index contributed by atoms with van der Waals surface area (Å²) >= 11 is 6.16. The smallest absolute Gasteiger partial charge is 0.410 e. The van der Waals surface area contributed by atoms with Crippen LogP contribution < -0.4 is 0 Å². The van der Waals surface area contributed by atoms with Crippen molar-refractivity contribution in [1.82, 2.24) is 4.90 Å². The SMILES string of the molecule is CCOC(=O)N1Cc2cccc(Cl)c2C[C@H]1C(=O)OC. The molecule has 1 aromatic carbocycles. The first kappa shape index (κ1) is 14.7. The van der Waals surface area contributed by atoms with Crippen LogP contribution in [-0.2, 0) is 27.2 Å². The Morgan fingerprint density at radius 1 is 1.45 bits per heavy atom. The van der Waals surface area contributed by atoms with Gasteiger partial charge in [-0.1, -0.05) is 23.7 Å². The van der Waals surface area contributed by atoms with Crippen molar-refractivity contribution in [2.45, 2.75) is 25.9 Å². The molecule has 0 unspecified atom stereocenters. The Morgan fingerprint density at radius 3 is 2.85 bits per heavy atom. The fourth-order valence-corrected chi connectivity index (χ4v) is 2.59. The third kappa shape index (κ3) is 2.72. The zero-order valence-electron chi connectivity index (χ0n) is 11.4. The van der Waals surface area contributed by atoms with E-state index in [0.29, 0.717) is 11.4 Å². The maximum Gasteiger partial charge on any atom is 0.410 e. The lowest BCUT2D eigenvalue weighted by Gasteiger charge is -2.34. The summed E-state index contributed by atoms with van der Waals surface area (Å²) in [5.41, 5.74) is 1.80. The predicted molar refractivity (Wildman–Crippen MR) is 73.5 cm³/mol. The van der Waals surface area contributed by atoms with Crippen molar-refractivity contribution >= 4 is 23.7 Å². The molecular weight excluding hydrogens is 282 g/mol. The van der Waals surface area contributed by atoms with Crippen LogP contribution in [0.2, 0.25) is 5.02 Å². The second kappa shape index (κ2) is 6.13. The monoisotopic (exact) mass is 297 g/mol. The molecule has 0 radical (unpaired) electrons. The highest BCUT2D eigenvalue weighted by molar-refractivity contribution is 6.31. The molecule has 0 bridgehead atoms. The molecule has 1 heterocycles. The molecule has 20 heavy (non-hydrogen) atoms. The molecule has 1 aliphatic rings. The summed E-state index contributed by atoms with van der Waals surface area (Å²) in [4.78, 5) is 25.3. The first-order chi connectivity index (χ1) is 9.58. The molecule has 0 aromatic heterocycles. The highest BCUT2D eigenvalue weighted by Gasteiger charge is 2.36.